The molecule has 18 heavy (non-hydrogen) atoms. The lowest BCUT2D eigenvalue weighted by atomic mass is 10.2. The molecule has 0 amide bonds. The molecular formula is C9H15NO6S2. The Morgan fingerprint density at radius 3 is 2.28 bits per heavy atom. The smallest absolute Gasteiger partial charge is 0.318 e. The van der Waals surface area contributed by atoms with Gasteiger partial charge in [-0.2, -0.15) is 4.31 Å². The van der Waals surface area contributed by atoms with Crippen LogP contribution in [0, 0.1) is 0 Å². The molecule has 7 nitrogen and oxygen atoms in total. The lowest BCUT2D eigenvalue weighted by Gasteiger charge is -2.25. The van der Waals surface area contributed by atoms with Gasteiger partial charge in [-0.25, -0.2) is 16.8 Å². The van der Waals surface area contributed by atoms with Crippen molar-refractivity contribution in [3.05, 3.63) is 0 Å². The Morgan fingerprint density at radius 1 is 1.28 bits per heavy atom. The Bertz CT molecular complexity index is 548. The van der Waals surface area contributed by atoms with Gasteiger partial charge < -0.3 is 5.11 Å². The van der Waals surface area contributed by atoms with E-state index in [1.54, 1.807) is 0 Å². The van der Waals surface area contributed by atoms with Crippen LogP contribution in [0.3, 0.4) is 0 Å². The van der Waals surface area contributed by atoms with Crippen LogP contribution >= 0.6 is 0 Å². The van der Waals surface area contributed by atoms with Gasteiger partial charge in [0.1, 0.15) is 6.54 Å². The number of hydrogen-bond acceptors (Lipinski definition) is 5. The summed E-state index contributed by atoms with van der Waals surface area (Å²) in [6.45, 7) is -0.654. The van der Waals surface area contributed by atoms with Gasteiger partial charge in [0, 0.05) is 6.04 Å². The summed E-state index contributed by atoms with van der Waals surface area (Å²) in [7, 11) is -6.91. The highest BCUT2D eigenvalue weighted by Gasteiger charge is 2.46. The second kappa shape index (κ2) is 4.46. The summed E-state index contributed by atoms with van der Waals surface area (Å²) >= 11 is 0. The van der Waals surface area contributed by atoms with Gasteiger partial charge in [0.15, 0.2) is 9.84 Å². The first kappa shape index (κ1) is 13.8. The maximum absolute atomic E-state index is 12.1. The molecule has 0 bridgehead atoms. The lowest BCUT2D eigenvalue weighted by molar-refractivity contribution is -0.137. The zero-order valence-electron chi connectivity index (χ0n) is 9.65. The normalized spacial score (nSPS) is 27.5. The highest BCUT2D eigenvalue weighted by Crippen LogP contribution is 2.33. The maximum atomic E-state index is 12.1. The number of sulfone groups is 1. The molecule has 1 atom stereocenters. The van der Waals surface area contributed by atoms with E-state index >= 15 is 0 Å². The van der Waals surface area contributed by atoms with E-state index in [4.69, 9.17) is 5.11 Å². The second-order valence-corrected chi connectivity index (χ2v) is 9.13. The predicted octanol–water partition coefficient (Wildman–Crippen LogP) is -0.948. The van der Waals surface area contributed by atoms with Crippen molar-refractivity contribution in [2.45, 2.75) is 30.6 Å². The molecule has 1 unspecified atom stereocenters. The summed E-state index contributed by atoms with van der Waals surface area (Å²) in [5.74, 6) is -1.61. The van der Waals surface area contributed by atoms with Gasteiger partial charge in [0.05, 0.1) is 16.8 Å². The predicted molar refractivity (Wildman–Crippen MR) is 63.3 cm³/mol. The lowest BCUT2D eigenvalue weighted by Crippen LogP contribution is -2.45. The molecule has 0 aromatic rings. The minimum atomic E-state index is -3.67. The van der Waals surface area contributed by atoms with Crippen molar-refractivity contribution < 1.29 is 26.7 Å². The van der Waals surface area contributed by atoms with Crippen molar-refractivity contribution in [3.63, 3.8) is 0 Å². The van der Waals surface area contributed by atoms with E-state index < -0.39 is 43.7 Å². The first-order valence-electron chi connectivity index (χ1n) is 5.65. The summed E-state index contributed by atoms with van der Waals surface area (Å²) in [6.07, 6.45) is 1.23. The zero-order chi connectivity index (χ0) is 13.6. The number of hydrogen-bond donors (Lipinski definition) is 1. The van der Waals surface area contributed by atoms with Gasteiger partial charge >= 0.3 is 5.97 Å². The maximum Gasteiger partial charge on any atom is 0.318 e. The average Bonchev–Trinajstić information content (AvgIpc) is 3.00. The monoisotopic (exact) mass is 297 g/mol. The summed E-state index contributed by atoms with van der Waals surface area (Å²) in [5.41, 5.74) is 0. The number of carboxylic acid groups (broad SMARTS) is 1. The average molecular weight is 297 g/mol. The molecule has 2 fully saturated rings. The van der Waals surface area contributed by atoms with Crippen molar-refractivity contribution in [1.29, 1.82) is 0 Å². The SMILES string of the molecule is O=C(O)CN(C1CCS(=O)(=O)C1)S(=O)(=O)C1CC1. The first-order chi connectivity index (χ1) is 8.22. The Kier molecular flexibility index (Phi) is 3.41. The fraction of sp³-hybridized carbons (Fsp3) is 0.889. The molecule has 0 spiro atoms. The van der Waals surface area contributed by atoms with Crippen LogP contribution < -0.4 is 0 Å². The van der Waals surface area contributed by atoms with Gasteiger partial charge in [-0.1, -0.05) is 0 Å². The molecule has 9 heteroatoms. The number of carboxylic acids is 1. The second-order valence-electron chi connectivity index (χ2n) is 4.74. The molecule has 1 saturated carbocycles. The fourth-order valence-corrected chi connectivity index (χ4v) is 5.95. The third kappa shape index (κ3) is 2.83. The minimum absolute atomic E-state index is 0.0754. The first-order valence-corrected chi connectivity index (χ1v) is 8.98. The molecule has 0 aromatic heterocycles. The van der Waals surface area contributed by atoms with Crippen molar-refractivity contribution in [2.75, 3.05) is 18.1 Å². The summed E-state index contributed by atoms with van der Waals surface area (Å²) in [6, 6.07) is -0.725. The van der Waals surface area contributed by atoms with Gasteiger partial charge in [0.2, 0.25) is 10.0 Å². The van der Waals surface area contributed by atoms with Crippen molar-refractivity contribution >= 4 is 25.8 Å². The van der Waals surface area contributed by atoms with Crippen LogP contribution in [0.4, 0.5) is 0 Å². The number of nitrogens with zero attached hydrogens (tertiary/aromatic N) is 1. The largest absolute Gasteiger partial charge is 0.480 e. The standard InChI is InChI=1S/C9H15NO6S2/c11-9(12)5-10(18(15,16)8-1-2-8)7-3-4-17(13,14)6-7/h7-8H,1-6H2,(H,11,12). The van der Waals surface area contributed by atoms with E-state index in [-0.39, 0.29) is 17.9 Å². The Balaban J connectivity index is 2.23. The van der Waals surface area contributed by atoms with Crippen molar-refractivity contribution in [1.82, 2.24) is 4.31 Å². The number of aliphatic carboxylic acids is 1. The van der Waals surface area contributed by atoms with Crippen LogP contribution in [0.15, 0.2) is 0 Å². The van der Waals surface area contributed by atoms with Gasteiger partial charge in [-0.3, -0.25) is 4.79 Å². The van der Waals surface area contributed by atoms with Crippen molar-refractivity contribution in [3.8, 4) is 0 Å². The Hall–Kier alpha value is -0.670. The summed E-state index contributed by atoms with van der Waals surface area (Å²) in [5, 5.41) is 8.26. The quantitative estimate of drug-likeness (QED) is 0.701. The van der Waals surface area contributed by atoms with Crippen LogP contribution in [0.2, 0.25) is 0 Å². The van der Waals surface area contributed by atoms with Gasteiger partial charge in [-0.05, 0) is 19.3 Å². The Labute approximate surface area is 106 Å². The van der Waals surface area contributed by atoms with Gasteiger partial charge in [-0.15, -0.1) is 0 Å². The summed E-state index contributed by atoms with van der Waals surface area (Å²) < 4.78 is 47.8. The zero-order valence-corrected chi connectivity index (χ0v) is 11.3. The molecule has 1 aliphatic carbocycles. The Morgan fingerprint density at radius 2 is 1.89 bits per heavy atom. The highest BCUT2D eigenvalue weighted by atomic mass is 32.2. The van der Waals surface area contributed by atoms with Crippen LogP contribution in [0.5, 0.6) is 0 Å². The molecule has 0 aromatic carbocycles. The molecule has 1 saturated heterocycles. The number of sulfonamides is 1. The third-order valence-electron chi connectivity index (χ3n) is 3.18. The van der Waals surface area contributed by atoms with Crippen LogP contribution in [-0.4, -0.2) is 61.6 Å². The molecule has 1 aliphatic heterocycles. The molecule has 2 aliphatic rings. The molecule has 1 heterocycles. The van der Waals surface area contributed by atoms with E-state index in [2.05, 4.69) is 0 Å². The summed E-state index contributed by atoms with van der Waals surface area (Å²) in [4.78, 5) is 10.8. The van der Waals surface area contributed by atoms with Crippen LogP contribution in [0.25, 0.3) is 0 Å². The van der Waals surface area contributed by atoms with E-state index in [9.17, 15) is 21.6 Å². The molecule has 2 rings (SSSR count). The topological polar surface area (TPSA) is 109 Å². The van der Waals surface area contributed by atoms with E-state index in [1.165, 1.54) is 0 Å². The fourth-order valence-electron chi connectivity index (χ4n) is 2.12. The van der Waals surface area contributed by atoms with E-state index in [0.29, 0.717) is 12.8 Å². The van der Waals surface area contributed by atoms with Crippen LogP contribution in [-0.2, 0) is 24.7 Å². The molecule has 104 valence electrons. The third-order valence-corrected chi connectivity index (χ3v) is 7.32. The number of carbonyl (C=O) groups is 1. The molecule has 1 N–H and O–H groups in total. The van der Waals surface area contributed by atoms with Gasteiger partial charge in [0.25, 0.3) is 0 Å². The van der Waals surface area contributed by atoms with Crippen molar-refractivity contribution in [2.24, 2.45) is 0 Å². The molecular weight excluding hydrogens is 282 g/mol. The molecule has 0 radical (unpaired) electrons. The van der Waals surface area contributed by atoms with E-state index in [0.717, 1.165) is 4.31 Å². The highest BCUT2D eigenvalue weighted by molar-refractivity contribution is 7.92. The number of rotatable bonds is 5. The van der Waals surface area contributed by atoms with Crippen LogP contribution in [0.1, 0.15) is 19.3 Å². The minimum Gasteiger partial charge on any atom is -0.480 e. The van der Waals surface area contributed by atoms with E-state index in [1.807, 2.05) is 0 Å².